The SMILES string of the molecule is Cc1cccc(N2CCN(c3cncc(C(=O)Nc4ccc(F)cc4)c3)CC2)c1. The van der Waals surface area contributed by atoms with Gasteiger partial charge in [-0.05, 0) is 55.0 Å². The molecule has 1 aromatic heterocycles. The molecule has 29 heavy (non-hydrogen) atoms. The first kappa shape index (κ1) is 18.9. The summed E-state index contributed by atoms with van der Waals surface area (Å²) in [6.07, 6.45) is 3.34. The Kier molecular flexibility index (Phi) is 5.42. The normalized spacial score (nSPS) is 14.0. The van der Waals surface area contributed by atoms with Gasteiger partial charge in [0.05, 0.1) is 17.4 Å². The summed E-state index contributed by atoms with van der Waals surface area (Å²) in [4.78, 5) is 21.4. The van der Waals surface area contributed by atoms with Crippen molar-refractivity contribution in [2.24, 2.45) is 0 Å². The van der Waals surface area contributed by atoms with Gasteiger partial charge in [0.2, 0.25) is 0 Å². The number of nitrogens with zero attached hydrogens (tertiary/aromatic N) is 3. The van der Waals surface area contributed by atoms with E-state index in [1.165, 1.54) is 35.5 Å². The lowest BCUT2D eigenvalue weighted by Crippen LogP contribution is -2.46. The van der Waals surface area contributed by atoms with E-state index in [0.717, 1.165) is 31.9 Å². The molecule has 6 heteroatoms. The van der Waals surface area contributed by atoms with Crippen LogP contribution in [0, 0.1) is 12.7 Å². The van der Waals surface area contributed by atoms with Crippen molar-refractivity contribution < 1.29 is 9.18 Å². The van der Waals surface area contributed by atoms with Crippen molar-refractivity contribution in [2.75, 3.05) is 41.3 Å². The molecule has 1 amide bonds. The first-order valence-corrected chi connectivity index (χ1v) is 9.67. The van der Waals surface area contributed by atoms with Crippen LogP contribution in [0.1, 0.15) is 15.9 Å². The van der Waals surface area contributed by atoms with Gasteiger partial charge in [-0.15, -0.1) is 0 Å². The Morgan fingerprint density at radius 3 is 2.31 bits per heavy atom. The zero-order valence-electron chi connectivity index (χ0n) is 16.3. The van der Waals surface area contributed by atoms with Crippen molar-refractivity contribution in [1.82, 2.24) is 4.98 Å². The Hall–Kier alpha value is -3.41. The number of aryl methyl sites for hydroxylation is 1. The summed E-state index contributed by atoms with van der Waals surface area (Å²) in [6, 6.07) is 16.1. The zero-order chi connectivity index (χ0) is 20.2. The van der Waals surface area contributed by atoms with Gasteiger partial charge in [0.25, 0.3) is 5.91 Å². The van der Waals surface area contributed by atoms with E-state index in [1.54, 1.807) is 12.4 Å². The smallest absolute Gasteiger partial charge is 0.257 e. The summed E-state index contributed by atoms with van der Waals surface area (Å²) in [7, 11) is 0. The zero-order valence-corrected chi connectivity index (χ0v) is 16.3. The average Bonchev–Trinajstić information content (AvgIpc) is 2.75. The molecule has 0 atom stereocenters. The van der Waals surface area contributed by atoms with E-state index in [-0.39, 0.29) is 11.7 Å². The third-order valence-electron chi connectivity index (χ3n) is 5.10. The summed E-state index contributed by atoms with van der Waals surface area (Å²) in [6.45, 7) is 5.65. The molecule has 2 heterocycles. The number of amides is 1. The fraction of sp³-hybridized carbons (Fsp3) is 0.217. The number of aromatic nitrogens is 1. The molecule has 4 rings (SSSR count). The minimum absolute atomic E-state index is 0.260. The molecular weight excluding hydrogens is 367 g/mol. The third-order valence-corrected chi connectivity index (χ3v) is 5.10. The molecule has 2 aromatic carbocycles. The number of piperazine rings is 1. The monoisotopic (exact) mass is 390 g/mol. The van der Waals surface area contributed by atoms with Crippen molar-refractivity contribution in [3.8, 4) is 0 Å². The minimum Gasteiger partial charge on any atom is -0.368 e. The maximum atomic E-state index is 13.0. The molecule has 0 aliphatic carbocycles. The number of hydrogen-bond donors (Lipinski definition) is 1. The van der Waals surface area contributed by atoms with E-state index in [0.29, 0.717) is 11.3 Å². The van der Waals surface area contributed by atoms with Crippen molar-refractivity contribution in [3.05, 3.63) is 83.9 Å². The highest BCUT2D eigenvalue weighted by Crippen LogP contribution is 2.22. The van der Waals surface area contributed by atoms with Crippen LogP contribution in [0.2, 0.25) is 0 Å². The van der Waals surface area contributed by atoms with Gasteiger partial charge in [-0.1, -0.05) is 12.1 Å². The summed E-state index contributed by atoms with van der Waals surface area (Å²) < 4.78 is 13.0. The van der Waals surface area contributed by atoms with Crippen molar-refractivity contribution in [3.63, 3.8) is 0 Å². The predicted octanol–water partition coefficient (Wildman–Crippen LogP) is 4.11. The minimum atomic E-state index is -0.337. The Balaban J connectivity index is 1.41. The first-order chi connectivity index (χ1) is 14.1. The van der Waals surface area contributed by atoms with E-state index in [2.05, 4.69) is 51.3 Å². The number of carbonyl (C=O) groups is 1. The van der Waals surface area contributed by atoms with E-state index in [4.69, 9.17) is 0 Å². The third kappa shape index (κ3) is 4.54. The second-order valence-corrected chi connectivity index (χ2v) is 7.21. The van der Waals surface area contributed by atoms with Gasteiger partial charge in [0, 0.05) is 43.8 Å². The molecular formula is C23H23FN4O. The number of anilines is 3. The van der Waals surface area contributed by atoms with Crippen LogP contribution in [-0.4, -0.2) is 37.1 Å². The second-order valence-electron chi connectivity index (χ2n) is 7.21. The molecule has 148 valence electrons. The van der Waals surface area contributed by atoms with Crippen LogP contribution in [0.4, 0.5) is 21.5 Å². The van der Waals surface area contributed by atoms with Crippen LogP contribution in [-0.2, 0) is 0 Å². The molecule has 3 aromatic rings. The molecule has 5 nitrogen and oxygen atoms in total. The second kappa shape index (κ2) is 8.31. The van der Waals surface area contributed by atoms with Crippen molar-refractivity contribution in [2.45, 2.75) is 6.92 Å². The number of benzene rings is 2. The van der Waals surface area contributed by atoms with Crippen LogP contribution >= 0.6 is 0 Å². The number of pyridine rings is 1. The quantitative estimate of drug-likeness (QED) is 0.728. The van der Waals surface area contributed by atoms with Gasteiger partial charge in [-0.25, -0.2) is 4.39 Å². The number of hydrogen-bond acceptors (Lipinski definition) is 4. The van der Waals surface area contributed by atoms with Gasteiger partial charge in [-0.3, -0.25) is 9.78 Å². The van der Waals surface area contributed by atoms with Crippen LogP contribution in [0.5, 0.6) is 0 Å². The van der Waals surface area contributed by atoms with Crippen LogP contribution in [0.3, 0.4) is 0 Å². The summed E-state index contributed by atoms with van der Waals surface area (Å²) in [5.74, 6) is -0.596. The summed E-state index contributed by atoms with van der Waals surface area (Å²) in [5.41, 5.74) is 4.46. The summed E-state index contributed by atoms with van der Waals surface area (Å²) >= 11 is 0. The molecule has 0 radical (unpaired) electrons. The molecule has 1 aliphatic heterocycles. The molecule has 1 aliphatic rings. The standard InChI is InChI=1S/C23H23FN4O/c1-17-3-2-4-21(13-17)27-9-11-28(12-10-27)22-14-18(15-25-16-22)23(29)26-20-7-5-19(24)6-8-20/h2-8,13-16H,9-12H2,1H3,(H,26,29). The van der Waals surface area contributed by atoms with Crippen molar-refractivity contribution >= 4 is 23.0 Å². The van der Waals surface area contributed by atoms with E-state index >= 15 is 0 Å². The molecule has 0 unspecified atom stereocenters. The van der Waals surface area contributed by atoms with Crippen LogP contribution in [0.25, 0.3) is 0 Å². The van der Waals surface area contributed by atoms with Crippen LogP contribution in [0.15, 0.2) is 67.0 Å². The Morgan fingerprint density at radius 1 is 0.931 bits per heavy atom. The van der Waals surface area contributed by atoms with Gasteiger partial charge in [0.1, 0.15) is 5.82 Å². The molecule has 1 saturated heterocycles. The van der Waals surface area contributed by atoms with Gasteiger partial charge in [0.15, 0.2) is 0 Å². The highest BCUT2D eigenvalue weighted by Gasteiger charge is 2.19. The predicted molar refractivity (Wildman–Crippen MR) is 114 cm³/mol. The lowest BCUT2D eigenvalue weighted by atomic mass is 10.1. The molecule has 1 fully saturated rings. The Morgan fingerprint density at radius 2 is 1.62 bits per heavy atom. The Bertz CT molecular complexity index is 998. The number of halogens is 1. The topological polar surface area (TPSA) is 48.5 Å². The van der Waals surface area contributed by atoms with Gasteiger partial charge in [-0.2, -0.15) is 0 Å². The molecule has 1 N–H and O–H groups in total. The highest BCUT2D eigenvalue weighted by atomic mass is 19.1. The lowest BCUT2D eigenvalue weighted by molar-refractivity contribution is 0.102. The van der Waals surface area contributed by atoms with E-state index in [9.17, 15) is 9.18 Å². The van der Waals surface area contributed by atoms with Gasteiger partial charge >= 0.3 is 0 Å². The molecule has 0 bridgehead atoms. The largest absolute Gasteiger partial charge is 0.368 e. The molecule has 0 saturated carbocycles. The number of carbonyl (C=O) groups excluding carboxylic acids is 1. The van der Waals surface area contributed by atoms with Crippen molar-refractivity contribution in [1.29, 1.82) is 0 Å². The number of rotatable bonds is 4. The van der Waals surface area contributed by atoms with Crippen LogP contribution < -0.4 is 15.1 Å². The van der Waals surface area contributed by atoms with E-state index in [1.807, 2.05) is 6.07 Å². The maximum Gasteiger partial charge on any atom is 0.257 e. The fourth-order valence-corrected chi connectivity index (χ4v) is 3.51. The Labute approximate surface area is 169 Å². The fourth-order valence-electron chi connectivity index (χ4n) is 3.51. The van der Waals surface area contributed by atoms with E-state index < -0.39 is 0 Å². The molecule has 0 spiro atoms. The number of nitrogens with one attached hydrogen (secondary N) is 1. The van der Waals surface area contributed by atoms with Gasteiger partial charge < -0.3 is 15.1 Å². The summed E-state index contributed by atoms with van der Waals surface area (Å²) in [5, 5.41) is 2.78. The highest BCUT2D eigenvalue weighted by molar-refractivity contribution is 6.04. The first-order valence-electron chi connectivity index (χ1n) is 9.67. The maximum absolute atomic E-state index is 13.0. The average molecular weight is 390 g/mol. The lowest BCUT2D eigenvalue weighted by Gasteiger charge is -2.37.